The first-order valence-electron chi connectivity index (χ1n) is 5.97. The largest absolute Gasteiger partial charge is 0.497 e. The first-order valence-corrected chi connectivity index (χ1v) is 6.41. The maximum Gasteiger partial charge on any atom is 0.416 e. The van der Waals surface area contributed by atoms with Crippen LogP contribution in [0.25, 0.3) is 0 Å². The van der Waals surface area contributed by atoms with Gasteiger partial charge in [-0.2, -0.15) is 13.2 Å². The van der Waals surface area contributed by atoms with Gasteiger partial charge in [0, 0.05) is 5.56 Å². The predicted molar refractivity (Wildman–Crippen MR) is 72.1 cm³/mol. The van der Waals surface area contributed by atoms with Crippen LogP contribution >= 0.6 is 11.6 Å². The lowest BCUT2D eigenvalue weighted by atomic mass is 10.0. The molecule has 0 radical (unpaired) electrons. The third-order valence-corrected chi connectivity index (χ3v) is 3.49. The van der Waals surface area contributed by atoms with E-state index in [0.29, 0.717) is 17.4 Å². The molecule has 0 spiro atoms. The highest BCUT2D eigenvalue weighted by molar-refractivity contribution is 6.22. The zero-order valence-corrected chi connectivity index (χ0v) is 11.7. The summed E-state index contributed by atoms with van der Waals surface area (Å²) >= 11 is 6.11. The van der Waals surface area contributed by atoms with Gasteiger partial charge in [-0.1, -0.05) is 12.1 Å². The Morgan fingerprint density at radius 2 is 1.67 bits per heavy atom. The summed E-state index contributed by atoms with van der Waals surface area (Å²) in [4.78, 5) is 0. The van der Waals surface area contributed by atoms with Crippen LogP contribution in [0.15, 0.2) is 42.5 Å². The number of halogens is 5. The lowest BCUT2D eigenvalue weighted by Gasteiger charge is -2.14. The average Bonchev–Trinajstić information content (AvgIpc) is 2.46. The van der Waals surface area contributed by atoms with Crippen molar-refractivity contribution in [1.29, 1.82) is 0 Å². The molecule has 0 aliphatic rings. The summed E-state index contributed by atoms with van der Waals surface area (Å²) in [7, 11) is 1.49. The maximum atomic E-state index is 13.8. The Morgan fingerprint density at radius 3 is 2.19 bits per heavy atom. The molecule has 2 aromatic rings. The highest BCUT2D eigenvalue weighted by Crippen LogP contribution is 2.36. The molecule has 0 N–H and O–H groups in total. The van der Waals surface area contributed by atoms with Gasteiger partial charge >= 0.3 is 6.18 Å². The molecule has 21 heavy (non-hydrogen) atoms. The number of methoxy groups -OCH3 is 1. The molecular formula is C15H11ClF4O. The number of rotatable bonds is 3. The van der Waals surface area contributed by atoms with E-state index in [2.05, 4.69) is 0 Å². The molecule has 0 saturated carbocycles. The smallest absolute Gasteiger partial charge is 0.416 e. The van der Waals surface area contributed by atoms with Gasteiger partial charge in [-0.05, 0) is 35.9 Å². The zero-order chi connectivity index (χ0) is 15.6. The summed E-state index contributed by atoms with van der Waals surface area (Å²) in [6, 6.07) is 8.57. The van der Waals surface area contributed by atoms with Gasteiger partial charge in [0.05, 0.1) is 18.1 Å². The average molecular weight is 319 g/mol. The second-order valence-electron chi connectivity index (χ2n) is 4.37. The van der Waals surface area contributed by atoms with Crippen molar-refractivity contribution in [1.82, 2.24) is 0 Å². The van der Waals surface area contributed by atoms with E-state index in [4.69, 9.17) is 16.3 Å². The van der Waals surface area contributed by atoms with E-state index in [0.717, 1.165) is 12.1 Å². The van der Waals surface area contributed by atoms with Crippen LogP contribution in [-0.4, -0.2) is 7.11 Å². The Labute approximate surface area is 124 Å². The molecule has 0 heterocycles. The summed E-state index contributed by atoms with van der Waals surface area (Å²) in [6.45, 7) is 0. The minimum atomic E-state index is -4.54. The van der Waals surface area contributed by atoms with Crippen molar-refractivity contribution in [3.8, 4) is 5.75 Å². The first-order chi connectivity index (χ1) is 9.82. The normalized spacial score (nSPS) is 13.0. The molecule has 2 aromatic carbocycles. The standard InChI is InChI=1S/C15H11ClF4O/c1-21-11-5-2-9(3-6-11)14(16)12-8-10(15(18,19)20)4-7-13(12)17/h2-8,14H,1H3. The molecule has 2 rings (SSSR count). The fraction of sp³-hybridized carbons (Fsp3) is 0.200. The molecule has 0 amide bonds. The topological polar surface area (TPSA) is 9.23 Å². The van der Waals surface area contributed by atoms with Crippen molar-refractivity contribution in [2.24, 2.45) is 0 Å². The van der Waals surface area contributed by atoms with Gasteiger partial charge in [0.1, 0.15) is 11.6 Å². The van der Waals surface area contributed by atoms with Crippen molar-refractivity contribution < 1.29 is 22.3 Å². The van der Waals surface area contributed by atoms with Crippen molar-refractivity contribution in [2.75, 3.05) is 7.11 Å². The van der Waals surface area contributed by atoms with Gasteiger partial charge in [-0.15, -0.1) is 11.6 Å². The van der Waals surface area contributed by atoms with E-state index in [1.54, 1.807) is 24.3 Å². The van der Waals surface area contributed by atoms with Crippen LogP contribution in [0.2, 0.25) is 0 Å². The van der Waals surface area contributed by atoms with Gasteiger partial charge in [0.25, 0.3) is 0 Å². The summed E-state index contributed by atoms with van der Waals surface area (Å²) in [5.74, 6) is -0.203. The van der Waals surface area contributed by atoms with Crippen molar-refractivity contribution in [3.05, 3.63) is 65.0 Å². The first kappa shape index (κ1) is 15.6. The Kier molecular flexibility index (Phi) is 4.42. The molecule has 1 unspecified atom stereocenters. The number of hydrogen-bond acceptors (Lipinski definition) is 1. The Balaban J connectivity index is 2.39. The van der Waals surface area contributed by atoms with Gasteiger partial charge in [0.2, 0.25) is 0 Å². The van der Waals surface area contributed by atoms with Crippen LogP contribution < -0.4 is 4.74 Å². The monoisotopic (exact) mass is 318 g/mol. The lowest BCUT2D eigenvalue weighted by Crippen LogP contribution is -2.07. The van der Waals surface area contributed by atoms with Crippen LogP contribution in [0.4, 0.5) is 17.6 Å². The van der Waals surface area contributed by atoms with Crippen LogP contribution in [0.5, 0.6) is 5.75 Å². The van der Waals surface area contributed by atoms with Gasteiger partial charge < -0.3 is 4.74 Å². The maximum absolute atomic E-state index is 13.8. The SMILES string of the molecule is COc1ccc(C(Cl)c2cc(C(F)(F)F)ccc2F)cc1. The molecule has 0 saturated heterocycles. The van der Waals surface area contributed by atoms with E-state index in [1.165, 1.54) is 7.11 Å². The van der Waals surface area contributed by atoms with E-state index in [1.807, 2.05) is 0 Å². The second-order valence-corrected chi connectivity index (χ2v) is 4.81. The molecule has 0 fully saturated rings. The van der Waals surface area contributed by atoms with Gasteiger partial charge in [-0.3, -0.25) is 0 Å². The minimum absolute atomic E-state index is 0.211. The van der Waals surface area contributed by atoms with Crippen LogP contribution in [0.1, 0.15) is 22.1 Å². The van der Waals surface area contributed by atoms with E-state index >= 15 is 0 Å². The van der Waals surface area contributed by atoms with E-state index in [-0.39, 0.29) is 5.56 Å². The fourth-order valence-electron chi connectivity index (χ4n) is 1.87. The number of benzene rings is 2. The molecule has 1 nitrogen and oxygen atoms in total. The van der Waals surface area contributed by atoms with E-state index < -0.39 is 22.9 Å². The van der Waals surface area contributed by atoms with Crippen LogP contribution in [0, 0.1) is 5.82 Å². The molecule has 0 aromatic heterocycles. The fourth-order valence-corrected chi connectivity index (χ4v) is 2.18. The van der Waals surface area contributed by atoms with Gasteiger partial charge in [-0.25, -0.2) is 4.39 Å². The Bertz CT molecular complexity index is 623. The molecule has 0 aliphatic carbocycles. The van der Waals surface area contributed by atoms with Crippen LogP contribution in [-0.2, 0) is 6.18 Å². The van der Waals surface area contributed by atoms with Crippen molar-refractivity contribution in [3.63, 3.8) is 0 Å². The molecular weight excluding hydrogens is 308 g/mol. The molecule has 1 atom stereocenters. The van der Waals surface area contributed by atoms with E-state index in [9.17, 15) is 17.6 Å². The number of hydrogen-bond donors (Lipinski definition) is 0. The quantitative estimate of drug-likeness (QED) is 0.559. The predicted octanol–water partition coefficient (Wildman–Crippen LogP) is 5.18. The number of alkyl halides is 4. The summed E-state index contributed by atoms with van der Waals surface area (Å²) < 4.78 is 56.8. The summed E-state index contributed by atoms with van der Waals surface area (Å²) in [5.41, 5.74) is -0.662. The number of ether oxygens (including phenoxy) is 1. The zero-order valence-electron chi connectivity index (χ0n) is 10.9. The summed E-state index contributed by atoms with van der Waals surface area (Å²) in [6.07, 6.45) is -4.54. The van der Waals surface area contributed by atoms with Gasteiger partial charge in [0.15, 0.2) is 0 Å². The third-order valence-electron chi connectivity index (χ3n) is 3.00. The molecule has 112 valence electrons. The Hall–Kier alpha value is -1.75. The van der Waals surface area contributed by atoms with Crippen LogP contribution in [0.3, 0.4) is 0 Å². The molecule has 6 heteroatoms. The Morgan fingerprint density at radius 1 is 1.05 bits per heavy atom. The third kappa shape index (κ3) is 3.47. The van der Waals surface area contributed by atoms with Crippen molar-refractivity contribution in [2.45, 2.75) is 11.6 Å². The molecule has 0 aliphatic heterocycles. The van der Waals surface area contributed by atoms with Crippen molar-refractivity contribution >= 4 is 11.6 Å². The summed E-state index contributed by atoms with van der Waals surface area (Å²) in [5, 5.41) is -1.02. The highest BCUT2D eigenvalue weighted by atomic mass is 35.5. The lowest BCUT2D eigenvalue weighted by molar-refractivity contribution is -0.137. The minimum Gasteiger partial charge on any atom is -0.497 e. The highest BCUT2D eigenvalue weighted by Gasteiger charge is 2.32. The second kappa shape index (κ2) is 5.93. The molecule has 0 bridgehead atoms.